The highest BCUT2D eigenvalue weighted by Gasteiger charge is 2.24. The van der Waals surface area contributed by atoms with Crippen LogP contribution in [0.1, 0.15) is 0 Å². The van der Waals surface area contributed by atoms with E-state index in [1.165, 1.54) is 54.4 Å². The number of para-hydroxylation sites is 6. The van der Waals surface area contributed by atoms with E-state index in [0.29, 0.717) is 0 Å². The van der Waals surface area contributed by atoms with Gasteiger partial charge >= 0.3 is 0 Å². The predicted molar refractivity (Wildman–Crippen MR) is 271 cm³/mol. The van der Waals surface area contributed by atoms with Gasteiger partial charge in [0.25, 0.3) is 0 Å². The van der Waals surface area contributed by atoms with Crippen LogP contribution in [0.2, 0.25) is 0 Å². The van der Waals surface area contributed by atoms with Crippen molar-refractivity contribution >= 4 is 109 Å². The number of rotatable bonds is 4. The first kappa shape index (κ1) is 34.7. The summed E-state index contributed by atoms with van der Waals surface area (Å²) in [6.45, 7) is 0. The summed E-state index contributed by atoms with van der Waals surface area (Å²) in [5.41, 5.74) is 15.6. The van der Waals surface area contributed by atoms with Gasteiger partial charge in [-0.05, 0) is 109 Å². The molecule has 10 aromatic carbocycles. The molecule has 15 rings (SSSR count). The second-order valence-corrected chi connectivity index (χ2v) is 17.3. The summed E-state index contributed by atoms with van der Waals surface area (Å²) in [5.74, 6) is 0. The smallest absolute Gasteiger partial charge is 0.145 e. The molecule has 0 aliphatic heterocycles. The zero-order chi connectivity index (χ0) is 42.3. The molecule has 302 valence electrons. The Morgan fingerprint density at radius 2 is 0.538 bits per heavy atom. The largest absolute Gasteiger partial charge is 0.455 e. The van der Waals surface area contributed by atoms with Gasteiger partial charge in [-0.15, -0.1) is 0 Å². The maximum Gasteiger partial charge on any atom is 0.145 e. The quantitative estimate of drug-likeness (QED) is 0.174. The fourth-order valence-corrected chi connectivity index (χ4v) is 11.3. The molecular formula is C60H36N4O. The zero-order valence-electron chi connectivity index (χ0n) is 35.0. The third-order valence-electron chi connectivity index (χ3n) is 13.9. The molecular weight excluding hydrogens is 793 g/mol. The maximum atomic E-state index is 7.32. The second-order valence-electron chi connectivity index (χ2n) is 17.3. The van der Waals surface area contributed by atoms with Crippen molar-refractivity contribution in [2.24, 2.45) is 0 Å². The van der Waals surface area contributed by atoms with Gasteiger partial charge in [0.2, 0.25) is 0 Å². The second kappa shape index (κ2) is 12.9. The van der Waals surface area contributed by atoms with Crippen LogP contribution in [0.25, 0.3) is 132 Å². The van der Waals surface area contributed by atoms with Crippen LogP contribution in [0.5, 0.6) is 0 Å². The van der Waals surface area contributed by atoms with Crippen LogP contribution < -0.4 is 0 Å². The Bertz CT molecular complexity index is 4180. The summed E-state index contributed by atoms with van der Waals surface area (Å²) in [5, 5.41) is 11.7. The van der Waals surface area contributed by atoms with Gasteiger partial charge < -0.3 is 22.7 Å². The van der Waals surface area contributed by atoms with Gasteiger partial charge in [0.05, 0.1) is 54.9 Å². The van der Waals surface area contributed by atoms with Crippen LogP contribution in [-0.4, -0.2) is 18.3 Å². The summed E-state index contributed by atoms with van der Waals surface area (Å²) in [7, 11) is 0. The fourth-order valence-electron chi connectivity index (χ4n) is 11.3. The lowest BCUT2D eigenvalue weighted by molar-refractivity contribution is 0.677. The molecule has 0 amide bonds. The number of benzene rings is 10. The van der Waals surface area contributed by atoms with Gasteiger partial charge in [-0.2, -0.15) is 0 Å². The Balaban J connectivity index is 0.967. The molecule has 0 N–H and O–H groups in total. The number of nitrogens with zero attached hydrogens (tertiary/aromatic N) is 4. The van der Waals surface area contributed by atoms with Crippen molar-refractivity contribution in [2.45, 2.75) is 0 Å². The first-order valence-corrected chi connectivity index (χ1v) is 22.3. The molecule has 0 atom stereocenters. The SMILES string of the molecule is c1ccc(-n2c3ccccc3c3cc(-n4c5ccccc5c5c6oc7c(ccc8c7c7ccccc7n8-c7ccc8c(c7)c7ccccc7n8-c7ccccc7)c6ccc54)ccc32)cc1. The van der Waals surface area contributed by atoms with Crippen LogP contribution in [-0.2, 0) is 0 Å². The fraction of sp³-hybridized carbons (Fsp3) is 0. The topological polar surface area (TPSA) is 32.9 Å². The molecule has 5 heterocycles. The number of fused-ring (bicyclic) bond motifs is 17. The van der Waals surface area contributed by atoms with Gasteiger partial charge in [0.15, 0.2) is 0 Å². The molecule has 65 heavy (non-hydrogen) atoms. The Hall–Kier alpha value is -8.80. The minimum atomic E-state index is 0.911. The van der Waals surface area contributed by atoms with E-state index in [1.807, 2.05) is 0 Å². The number of aromatic nitrogens is 4. The molecule has 0 aliphatic carbocycles. The van der Waals surface area contributed by atoms with Crippen LogP contribution >= 0.6 is 0 Å². The van der Waals surface area contributed by atoms with E-state index < -0.39 is 0 Å². The van der Waals surface area contributed by atoms with E-state index in [-0.39, 0.29) is 0 Å². The van der Waals surface area contributed by atoms with Crippen molar-refractivity contribution in [3.63, 3.8) is 0 Å². The van der Waals surface area contributed by atoms with Gasteiger partial charge in [-0.3, -0.25) is 0 Å². The molecule has 0 radical (unpaired) electrons. The first-order valence-electron chi connectivity index (χ1n) is 22.3. The van der Waals surface area contributed by atoms with Crippen LogP contribution in [0.15, 0.2) is 223 Å². The van der Waals surface area contributed by atoms with Crippen molar-refractivity contribution in [1.29, 1.82) is 0 Å². The molecule has 0 fully saturated rings. The minimum Gasteiger partial charge on any atom is -0.455 e. The summed E-state index contributed by atoms with van der Waals surface area (Å²) in [4.78, 5) is 0. The van der Waals surface area contributed by atoms with E-state index >= 15 is 0 Å². The van der Waals surface area contributed by atoms with Crippen molar-refractivity contribution in [2.75, 3.05) is 0 Å². The summed E-state index contributed by atoms with van der Waals surface area (Å²) < 4.78 is 16.9. The minimum absolute atomic E-state index is 0.911. The van der Waals surface area contributed by atoms with E-state index in [1.54, 1.807) is 0 Å². The van der Waals surface area contributed by atoms with E-state index in [0.717, 1.165) is 77.5 Å². The Kier molecular flexibility index (Phi) is 6.89. The van der Waals surface area contributed by atoms with E-state index in [4.69, 9.17) is 4.42 Å². The van der Waals surface area contributed by atoms with Gasteiger partial charge in [0, 0.05) is 65.8 Å². The third-order valence-corrected chi connectivity index (χ3v) is 13.9. The van der Waals surface area contributed by atoms with Crippen LogP contribution in [0, 0.1) is 0 Å². The van der Waals surface area contributed by atoms with Crippen molar-refractivity contribution in [3.8, 4) is 22.7 Å². The molecule has 0 bridgehead atoms. The molecule has 0 saturated carbocycles. The number of hydrogen-bond donors (Lipinski definition) is 0. The van der Waals surface area contributed by atoms with Crippen molar-refractivity contribution in [3.05, 3.63) is 218 Å². The van der Waals surface area contributed by atoms with Crippen molar-refractivity contribution in [1.82, 2.24) is 18.3 Å². The average Bonchev–Trinajstić information content (AvgIpc) is 4.17. The summed E-state index contributed by atoms with van der Waals surface area (Å²) in [6, 6.07) is 79.2. The number of furan rings is 1. The summed E-state index contributed by atoms with van der Waals surface area (Å²) >= 11 is 0. The molecule has 5 heteroatoms. The van der Waals surface area contributed by atoms with Crippen LogP contribution in [0.3, 0.4) is 0 Å². The lowest BCUT2D eigenvalue weighted by Gasteiger charge is -2.10. The molecule has 0 unspecified atom stereocenters. The van der Waals surface area contributed by atoms with Gasteiger partial charge in [-0.25, -0.2) is 0 Å². The monoisotopic (exact) mass is 828 g/mol. The van der Waals surface area contributed by atoms with Crippen molar-refractivity contribution < 1.29 is 4.42 Å². The maximum absolute atomic E-state index is 7.32. The zero-order valence-corrected chi connectivity index (χ0v) is 35.0. The molecule has 0 saturated heterocycles. The number of hydrogen-bond acceptors (Lipinski definition) is 1. The highest BCUT2D eigenvalue weighted by molar-refractivity contribution is 6.29. The summed E-state index contributed by atoms with van der Waals surface area (Å²) in [6.07, 6.45) is 0. The predicted octanol–water partition coefficient (Wildman–Crippen LogP) is 16.0. The average molecular weight is 829 g/mol. The molecule has 15 aromatic rings. The third kappa shape index (κ3) is 4.65. The Morgan fingerprint density at radius 3 is 0.969 bits per heavy atom. The highest BCUT2D eigenvalue weighted by atomic mass is 16.3. The first-order chi connectivity index (χ1) is 32.3. The Morgan fingerprint density at radius 1 is 0.215 bits per heavy atom. The standard InChI is InChI=1S/C60H36N4O/c1-3-15-37(16-4-1)61-49-23-11-7-19-41(49)47-35-39(27-31-53(47)61)63-51-25-13-9-21-45(51)57-55(63)33-29-43-44-30-34-56-58(60(44)65-59(43)57)46-22-10-14-26-52(46)64(56)40-28-32-54-48(36-40)42-20-8-12-24-50(42)62(54)38-17-5-2-6-18-38/h1-36H. The Labute approximate surface area is 371 Å². The van der Waals surface area contributed by atoms with Crippen LogP contribution in [0.4, 0.5) is 0 Å². The van der Waals surface area contributed by atoms with Gasteiger partial charge in [-0.1, -0.05) is 109 Å². The normalized spacial score (nSPS) is 12.3. The van der Waals surface area contributed by atoms with E-state index in [9.17, 15) is 0 Å². The highest BCUT2D eigenvalue weighted by Crippen LogP contribution is 2.46. The molecule has 5 aromatic heterocycles. The van der Waals surface area contributed by atoms with Gasteiger partial charge in [0.1, 0.15) is 11.2 Å². The van der Waals surface area contributed by atoms with E-state index in [2.05, 4.69) is 237 Å². The molecule has 0 aliphatic rings. The lowest BCUT2D eigenvalue weighted by atomic mass is 10.1. The lowest BCUT2D eigenvalue weighted by Crippen LogP contribution is -1.95. The molecule has 5 nitrogen and oxygen atoms in total. The molecule has 0 spiro atoms.